The van der Waals surface area contributed by atoms with Crippen LogP contribution in [0.4, 0.5) is 31.1 Å². The zero-order valence-corrected chi connectivity index (χ0v) is 10.7. The number of amides is 1. The minimum atomic E-state index is -5.71. The van der Waals surface area contributed by atoms with Crippen LogP contribution in [-0.4, -0.2) is 24.0 Å². The van der Waals surface area contributed by atoms with Gasteiger partial charge in [0.25, 0.3) is 0 Å². The van der Waals surface area contributed by atoms with Crippen molar-refractivity contribution in [3.8, 4) is 5.75 Å². The van der Waals surface area contributed by atoms with Gasteiger partial charge in [0.2, 0.25) is 5.54 Å². The van der Waals surface area contributed by atoms with Crippen LogP contribution in [-0.2, 0) is 0 Å². The Balaban J connectivity index is 3.00. The third-order valence-electron chi connectivity index (χ3n) is 2.77. The number of hydrogen-bond donors (Lipinski definition) is 1. The molecule has 0 saturated heterocycles. The SMILES string of the molecule is CCC(NC(=O)Oc1ccccc1)(C(F)(F)F)C(F)(F)F. The molecule has 0 atom stereocenters. The van der Waals surface area contributed by atoms with E-state index >= 15 is 0 Å². The van der Waals surface area contributed by atoms with Gasteiger partial charge in [0, 0.05) is 0 Å². The molecule has 0 aliphatic carbocycles. The van der Waals surface area contributed by atoms with E-state index in [0.29, 0.717) is 6.92 Å². The van der Waals surface area contributed by atoms with Crippen LogP contribution in [0.25, 0.3) is 0 Å². The van der Waals surface area contributed by atoms with Gasteiger partial charge in [-0.25, -0.2) is 4.79 Å². The lowest BCUT2D eigenvalue weighted by Gasteiger charge is -2.36. The van der Waals surface area contributed by atoms with E-state index in [1.807, 2.05) is 0 Å². The first-order valence-electron chi connectivity index (χ1n) is 5.72. The summed E-state index contributed by atoms with van der Waals surface area (Å²) >= 11 is 0. The Kier molecular flexibility index (Phi) is 4.75. The van der Waals surface area contributed by atoms with Gasteiger partial charge in [-0.15, -0.1) is 0 Å². The fourth-order valence-electron chi connectivity index (χ4n) is 1.59. The van der Waals surface area contributed by atoms with Crippen LogP contribution in [0.3, 0.4) is 0 Å². The van der Waals surface area contributed by atoms with Crippen LogP contribution < -0.4 is 10.1 Å². The summed E-state index contributed by atoms with van der Waals surface area (Å²) < 4.78 is 81.1. The lowest BCUT2D eigenvalue weighted by Crippen LogP contribution is -2.67. The van der Waals surface area contributed by atoms with E-state index in [4.69, 9.17) is 0 Å². The highest BCUT2D eigenvalue weighted by atomic mass is 19.4. The molecule has 9 heteroatoms. The number of ether oxygens (including phenoxy) is 1. The topological polar surface area (TPSA) is 38.3 Å². The maximum Gasteiger partial charge on any atom is 0.420 e. The Morgan fingerprint density at radius 2 is 1.52 bits per heavy atom. The molecule has 0 bridgehead atoms. The smallest absolute Gasteiger partial charge is 0.410 e. The summed E-state index contributed by atoms with van der Waals surface area (Å²) in [7, 11) is 0. The fraction of sp³-hybridized carbons (Fsp3) is 0.417. The monoisotopic (exact) mass is 315 g/mol. The Hall–Kier alpha value is -1.93. The molecule has 0 aliphatic heterocycles. The molecule has 0 spiro atoms. The molecule has 0 heterocycles. The molecule has 1 aromatic rings. The van der Waals surface area contributed by atoms with E-state index < -0.39 is 30.4 Å². The number of halogens is 6. The number of carbonyl (C=O) groups excluding carboxylic acids is 1. The predicted molar refractivity (Wildman–Crippen MR) is 60.7 cm³/mol. The fourth-order valence-corrected chi connectivity index (χ4v) is 1.59. The quantitative estimate of drug-likeness (QED) is 0.855. The molecule has 21 heavy (non-hydrogen) atoms. The minimum absolute atomic E-state index is 0.177. The number of para-hydroxylation sites is 1. The predicted octanol–water partition coefficient (Wildman–Crippen LogP) is 4.05. The number of rotatable bonds is 3. The highest BCUT2D eigenvalue weighted by Gasteiger charge is 2.70. The maximum absolute atomic E-state index is 12.8. The van der Waals surface area contributed by atoms with Gasteiger partial charge in [0.15, 0.2) is 0 Å². The Bertz CT molecular complexity index is 469. The van der Waals surface area contributed by atoms with Gasteiger partial charge in [0.05, 0.1) is 0 Å². The number of benzene rings is 1. The molecule has 0 fully saturated rings. The lowest BCUT2D eigenvalue weighted by molar-refractivity contribution is -0.305. The molecule has 1 rings (SSSR count). The normalized spacial score (nSPS) is 12.9. The number of nitrogens with one attached hydrogen (secondary N) is 1. The van der Waals surface area contributed by atoms with Crippen molar-refractivity contribution >= 4 is 6.09 Å². The average molecular weight is 315 g/mol. The average Bonchev–Trinajstić information content (AvgIpc) is 2.34. The second-order valence-corrected chi connectivity index (χ2v) is 4.08. The first-order valence-corrected chi connectivity index (χ1v) is 5.72. The summed E-state index contributed by atoms with van der Waals surface area (Å²) in [5.74, 6) is -0.177. The maximum atomic E-state index is 12.8. The van der Waals surface area contributed by atoms with Crippen LogP contribution in [0, 0.1) is 0 Å². The van der Waals surface area contributed by atoms with Crippen LogP contribution in [0.15, 0.2) is 30.3 Å². The van der Waals surface area contributed by atoms with Gasteiger partial charge >= 0.3 is 18.4 Å². The van der Waals surface area contributed by atoms with E-state index in [0.717, 1.165) is 5.32 Å². The van der Waals surface area contributed by atoms with Crippen molar-refractivity contribution < 1.29 is 35.9 Å². The summed E-state index contributed by atoms with van der Waals surface area (Å²) in [5.41, 5.74) is -4.36. The van der Waals surface area contributed by atoms with Crippen molar-refractivity contribution in [2.75, 3.05) is 0 Å². The highest BCUT2D eigenvalue weighted by molar-refractivity contribution is 5.71. The minimum Gasteiger partial charge on any atom is -0.410 e. The van der Waals surface area contributed by atoms with Crippen LogP contribution in [0.5, 0.6) is 5.75 Å². The molecule has 118 valence electrons. The highest BCUT2D eigenvalue weighted by Crippen LogP contribution is 2.45. The Morgan fingerprint density at radius 3 is 1.90 bits per heavy atom. The molecule has 1 aromatic carbocycles. The Labute approximate surface area is 115 Å². The summed E-state index contributed by atoms with van der Waals surface area (Å²) in [6.45, 7) is 0.670. The van der Waals surface area contributed by atoms with E-state index in [1.165, 1.54) is 30.3 Å². The van der Waals surface area contributed by atoms with Crippen molar-refractivity contribution in [3.05, 3.63) is 30.3 Å². The number of alkyl halides is 6. The van der Waals surface area contributed by atoms with Crippen molar-refractivity contribution in [2.24, 2.45) is 0 Å². The zero-order valence-electron chi connectivity index (χ0n) is 10.7. The third-order valence-corrected chi connectivity index (χ3v) is 2.77. The molecule has 3 nitrogen and oxygen atoms in total. The summed E-state index contributed by atoms with van der Waals surface area (Å²) in [6.07, 6.45) is -14.7. The number of carbonyl (C=O) groups is 1. The second-order valence-electron chi connectivity index (χ2n) is 4.08. The van der Waals surface area contributed by atoms with Crippen molar-refractivity contribution in [1.82, 2.24) is 5.32 Å². The second kappa shape index (κ2) is 5.82. The molecule has 0 unspecified atom stereocenters. The van der Waals surface area contributed by atoms with E-state index in [2.05, 4.69) is 4.74 Å². The van der Waals surface area contributed by atoms with Gasteiger partial charge in [-0.1, -0.05) is 25.1 Å². The van der Waals surface area contributed by atoms with Crippen LogP contribution in [0.1, 0.15) is 13.3 Å². The van der Waals surface area contributed by atoms with Crippen molar-refractivity contribution in [1.29, 1.82) is 0 Å². The Morgan fingerprint density at radius 1 is 1.05 bits per heavy atom. The zero-order chi connectivity index (χ0) is 16.3. The summed E-state index contributed by atoms with van der Waals surface area (Å²) in [6, 6.07) is 6.78. The van der Waals surface area contributed by atoms with Crippen LogP contribution in [0.2, 0.25) is 0 Å². The molecule has 1 N–H and O–H groups in total. The standard InChI is InChI=1S/C12H11F6NO2/c1-2-10(11(13,14)15,12(16,17)18)19-9(20)21-8-6-4-3-5-7-8/h3-7H,2H2,1H3,(H,19,20). The lowest BCUT2D eigenvalue weighted by atomic mass is 9.94. The van der Waals surface area contributed by atoms with Gasteiger partial charge in [0.1, 0.15) is 5.75 Å². The van der Waals surface area contributed by atoms with Gasteiger partial charge in [-0.2, -0.15) is 26.3 Å². The van der Waals surface area contributed by atoms with E-state index in [1.54, 1.807) is 0 Å². The first-order chi connectivity index (χ1) is 9.53. The van der Waals surface area contributed by atoms with E-state index in [9.17, 15) is 31.1 Å². The van der Waals surface area contributed by atoms with Crippen molar-refractivity contribution in [2.45, 2.75) is 31.2 Å². The van der Waals surface area contributed by atoms with E-state index in [-0.39, 0.29) is 5.75 Å². The van der Waals surface area contributed by atoms with Crippen LogP contribution >= 0.6 is 0 Å². The molecule has 1 amide bonds. The molecule has 0 saturated carbocycles. The summed E-state index contributed by atoms with van der Waals surface area (Å²) in [5, 5.41) is 0.897. The largest absolute Gasteiger partial charge is 0.420 e. The van der Waals surface area contributed by atoms with Gasteiger partial charge < -0.3 is 4.74 Å². The van der Waals surface area contributed by atoms with Gasteiger partial charge in [-0.05, 0) is 18.6 Å². The van der Waals surface area contributed by atoms with Gasteiger partial charge in [-0.3, -0.25) is 5.32 Å². The number of hydrogen-bond acceptors (Lipinski definition) is 2. The third kappa shape index (κ3) is 3.59. The molecule has 0 radical (unpaired) electrons. The summed E-state index contributed by atoms with van der Waals surface area (Å²) in [4.78, 5) is 11.3. The molecule has 0 aromatic heterocycles. The molecule has 0 aliphatic rings. The molecular weight excluding hydrogens is 304 g/mol. The van der Waals surface area contributed by atoms with Crippen molar-refractivity contribution in [3.63, 3.8) is 0 Å². The molecular formula is C12H11F6NO2. The first kappa shape index (κ1) is 17.1.